The standard InChI is InChI=1S/C18H22N4O2/c1-4-21(5-2)11-12-22-18(23)17-15(13(3)24-20-17)16(19-22)14-9-7-6-8-10-14/h6-10H,4-5,11-12H2,1-3H3. The van der Waals surface area contributed by atoms with Crippen LogP contribution in [0.4, 0.5) is 0 Å². The van der Waals surface area contributed by atoms with Crippen LogP contribution in [0.3, 0.4) is 0 Å². The van der Waals surface area contributed by atoms with Crippen LogP contribution in [0.25, 0.3) is 22.2 Å². The molecule has 3 aromatic rings. The lowest BCUT2D eigenvalue weighted by molar-refractivity contribution is 0.283. The highest BCUT2D eigenvalue weighted by Crippen LogP contribution is 2.26. The molecule has 0 fully saturated rings. The van der Waals surface area contributed by atoms with Crippen LogP contribution in [0.5, 0.6) is 0 Å². The lowest BCUT2D eigenvalue weighted by Gasteiger charge is -2.18. The minimum absolute atomic E-state index is 0.200. The fourth-order valence-electron chi connectivity index (χ4n) is 2.86. The molecule has 6 nitrogen and oxygen atoms in total. The lowest BCUT2D eigenvalue weighted by atomic mass is 10.1. The molecular formula is C18H22N4O2. The molecule has 0 saturated heterocycles. The molecule has 126 valence electrons. The van der Waals surface area contributed by atoms with Gasteiger partial charge in [-0.2, -0.15) is 5.10 Å². The molecule has 1 aromatic carbocycles. The van der Waals surface area contributed by atoms with Crippen molar-refractivity contribution in [3.8, 4) is 11.3 Å². The van der Waals surface area contributed by atoms with E-state index in [1.807, 2.05) is 37.3 Å². The average molecular weight is 326 g/mol. The van der Waals surface area contributed by atoms with Crippen LogP contribution in [0.15, 0.2) is 39.6 Å². The maximum atomic E-state index is 12.7. The summed E-state index contributed by atoms with van der Waals surface area (Å²) in [5, 5.41) is 9.29. The van der Waals surface area contributed by atoms with E-state index in [-0.39, 0.29) is 5.56 Å². The molecule has 0 radical (unpaired) electrons. The minimum atomic E-state index is -0.200. The quantitative estimate of drug-likeness (QED) is 0.697. The lowest BCUT2D eigenvalue weighted by Crippen LogP contribution is -2.32. The van der Waals surface area contributed by atoms with E-state index in [9.17, 15) is 4.79 Å². The number of benzene rings is 1. The van der Waals surface area contributed by atoms with E-state index in [2.05, 4.69) is 29.0 Å². The van der Waals surface area contributed by atoms with Crippen molar-refractivity contribution < 1.29 is 4.52 Å². The third-order valence-corrected chi connectivity index (χ3v) is 4.33. The normalized spacial score (nSPS) is 11.5. The number of hydrogen-bond acceptors (Lipinski definition) is 5. The molecule has 0 spiro atoms. The summed E-state index contributed by atoms with van der Waals surface area (Å²) in [4.78, 5) is 14.9. The molecule has 6 heteroatoms. The summed E-state index contributed by atoms with van der Waals surface area (Å²) in [5.74, 6) is 0.615. The van der Waals surface area contributed by atoms with E-state index < -0.39 is 0 Å². The maximum Gasteiger partial charge on any atom is 0.296 e. The summed E-state index contributed by atoms with van der Waals surface area (Å²) in [5.41, 5.74) is 1.84. The van der Waals surface area contributed by atoms with Crippen LogP contribution in [0.1, 0.15) is 19.6 Å². The second-order valence-corrected chi connectivity index (χ2v) is 5.73. The van der Waals surface area contributed by atoms with Crippen molar-refractivity contribution in [2.45, 2.75) is 27.3 Å². The zero-order valence-corrected chi connectivity index (χ0v) is 14.3. The number of aryl methyl sites for hydroxylation is 1. The van der Waals surface area contributed by atoms with Gasteiger partial charge in [0.1, 0.15) is 11.5 Å². The first-order chi connectivity index (χ1) is 11.7. The van der Waals surface area contributed by atoms with Crippen molar-refractivity contribution >= 4 is 10.9 Å². The van der Waals surface area contributed by atoms with Gasteiger partial charge >= 0.3 is 0 Å². The average Bonchev–Trinajstić information content (AvgIpc) is 3.01. The van der Waals surface area contributed by atoms with Gasteiger partial charge in [-0.3, -0.25) is 4.79 Å². The van der Waals surface area contributed by atoms with Crippen molar-refractivity contribution in [3.63, 3.8) is 0 Å². The first-order valence-corrected chi connectivity index (χ1v) is 8.30. The Hall–Kier alpha value is -2.47. The fraction of sp³-hybridized carbons (Fsp3) is 0.389. The monoisotopic (exact) mass is 326 g/mol. The zero-order valence-electron chi connectivity index (χ0n) is 14.3. The Balaban J connectivity index is 2.11. The van der Waals surface area contributed by atoms with E-state index in [1.165, 1.54) is 4.68 Å². The van der Waals surface area contributed by atoms with Gasteiger partial charge in [0.2, 0.25) is 0 Å². The van der Waals surface area contributed by atoms with Crippen LogP contribution >= 0.6 is 0 Å². The molecule has 24 heavy (non-hydrogen) atoms. The zero-order chi connectivity index (χ0) is 17.1. The van der Waals surface area contributed by atoms with Gasteiger partial charge in [0, 0.05) is 12.1 Å². The summed E-state index contributed by atoms with van der Waals surface area (Å²) >= 11 is 0. The van der Waals surface area contributed by atoms with Crippen LogP contribution in [0, 0.1) is 6.92 Å². The van der Waals surface area contributed by atoms with Gasteiger partial charge in [-0.1, -0.05) is 49.3 Å². The molecule has 3 rings (SSSR count). The molecule has 0 unspecified atom stereocenters. The molecule has 0 saturated carbocycles. The predicted molar refractivity (Wildman–Crippen MR) is 94.0 cm³/mol. The van der Waals surface area contributed by atoms with Gasteiger partial charge in [0.15, 0.2) is 5.52 Å². The molecule has 0 aliphatic heterocycles. The van der Waals surface area contributed by atoms with Gasteiger partial charge in [0.25, 0.3) is 5.56 Å². The second-order valence-electron chi connectivity index (χ2n) is 5.73. The van der Waals surface area contributed by atoms with Crippen molar-refractivity contribution in [3.05, 3.63) is 46.4 Å². The van der Waals surface area contributed by atoms with E-state index in [1.54, 1.807) is 0 Å². The summed E-state index contributed by atoms with van der Waals surface area (Å²) in [6.07, 6.45) is 0. The van der Waals surface area contributed by atoms with Crippen LogP contribution in [-0.2, 0) is 6.54 Å². The summed E-state index contributed by atoms with van der Waals surface area (Å²) in [7, 11) is 0. The van der Waals surface area contributed by atoms with Gasteiger partial charge < -0.3 is 9.42 Å². The highest BCUT2D eigenvalue weighted by Gasteiger charge is 2.18. The Morgan fingerprint density at radius 3 is 2.54 bits per heavy atom. The topological polar surface area (TPSA) is 64.2 Å². The molecule has 0 amide bonds. The Bertz CT molecular complexity index is 879. The molecule has 2 aromatic heterocycles. The van der Waals surface area contributed by atoms with E-state index >= 15 is 0 Å². The smallest absolute Gasteiger partial charge is 0.296 e. The fourth-order valence-corrected chi connectivity index (χ4v) is 2.86. The summed E-state index contributed by atoms with van der Waals surface area (Å²) in [6, 6.07) is 9.83. The van der Waals surface area contributed by atoms with Gasteiger partial charge in [0.05, 0.1) is 11.9 Å². The third-order valence-electron chi connectivity index (χ3n) is 4.33. The first-order valence-electron chi connectivity index (χ1n) is 8.30. The highest BCUT2D eigenvalue weighted by atomic mass is 16.5. The van der Waals surface area contributed by atoms with Crippen molar-refractivity contribution in [2.75, 3.05) is 19.6 Å². The highest BCUT2D eigenvalue weighted by molar-refractivity contribution is 5.92. The minimum Gasteiger partial charge on any atom is -0.360 e. The number of fused-ring (bicyclic) bond motifs is 1. The molecule has 0 aliphatic carbocycles. The number of nitrogens with zero attached hydrogens (tertiary/aromatic N) is 4. The molecule has 0 atom stereocenters. The second kappa shape index (κ2) is 6.97. The van der Waals surface area contributed by atoms with Crippen LogP contribution in [-0.4, -0.2) is 39.5 Å². The van der Waals surface area contributed by atoms with Crippen molar-refractivity contribution in [2.24, 2.45) is 0 Å². The SMILES string of the molecule is CCN(CC)CCn1nc(-c2ccccc2)c2c(C)onc2c1=O. The van der Waals surface area contributed by atoms with Gasteiger partial charge in [-0.15, -0.1) is 0 Å². The van der Waals surface area contributed by atoms with E-state index in [4.69, 9.17) is 4.52 Å². The largest absolute Gasteiger partial charge is 0.360 e. The predicted octanol–water partition coefficient (Wildman–Crippen LogP) is 2.70. The third kappa shape index (κ3) is 2.97. The van der Waals surface area contributed by atoms with E-state index in [0.717, 1.165) is 30.9 Å². The Morgan fingerprint density at radius 2 is 1.88 bits per heavy atom. The Morgan fingerprint density at radius 1 is 1.17 bits per heavy atom. The van der Waals surface area contributed by atoms with Gasteiger partial charge in [-0.25, -0.2) is 4.68 Å². The van der Waals surface area contributed by atoms with Crippen LogP contribution in [0.2, 0.25) is 0 Å². The first kappa shape index (κ1) is 16.4. The number of likely N-dealkylation sites (N-methyl/N-ethyl adjacent to an activating group) is 1. The number of rotatable bonds is 6. The Kier molecular flexibility index (Phi) is 4.76. The Labute approximate surface area is 140 Å². The summed E-state index contributed by atoms with van der Waals surface area (Å²) < 4.78 is 6.77. The molecule has 0 aliphatic rings. The molecule has 0 bridgehead atoms. The van der Waals surface area contributed by atoms with Gasteiger partial charge in [-0.05, 0) is 20.0 Å². The van der Waals surface area contributed by atoms with Crippen molar-refractivity contribution in [1.29, 1.82) is 0 Å². The summed E-state index contributed by atoms with van der Waals surface area (Å²) in [6.45, 7) is 9.23. The molecule has 0 N–H and O–H groups in total. The molecular weight excluding hydrogens is 304 g/mol. The van der Waals surface area contributed by atoms with Crippen LogP contribution < -0.4 is 5.56 Å². The number of hydrogen-bond donors (Lipinski definition) is 0. The van der Waals surface area contributed by atoms with Crippen molar-refractivity contribution in [1.82, 2.24) is 19.8 Å². The maximum absolute atomic E-state index is 12.7. The molecule has 2 heterocycles. The number of aromatic nitrogens is 3. The van der Waals surface area contributed by atoms with E-state index in [0.29, 0.717) is 23.2 Å².